The first-order valence-corrected chi connectivity index (χ1v) is 6.02. The van der Waals surface area contributed by atoms with Gasteiger partial charge >= 0.3 is 0 Å². The second-order valence-corrected chi connectivity index (χ2v) is 4.44. The molecule has 0 amide bonds. The predicted octanol–water partition coefficient (Wildman–Crippen LogP) is 3.38. The molecular weight excluding hydrogens is 210 g/mol. The predicted molar refractivity (Wildman–Crippen MR) is 68.2 cm³/mol. The number of para-hydroxylation sites is 1. The SMILES string of the molecule is Cc1cnccc1-c1cccc2c1OCCC2. The zero-order valence-corrected chi connectivity index (χ0v) is 9.94. The molecule has 0 unspecified atom stereocenters. The van der Waals surface area contributed by atoms with Gasteiger partial charge in [-0.25, -0.2) is 0 Å². The fourth-order valence-electron chi connectivity index (χ4n) is 2.38. The van der Waals surface area contributed by atoms with Gasteiger partial charge in [0.1, 0.15) is 5.75 Å². The van der Waals surface area contributed by atoms with Gasteiger partial charge in [-0.05, 0) is 42.5 Å². The number of ether oxygens (including phenoxy) is 1. The van der Waals surface area contributed by atoms with Crippen LogP contribution in [0.4, 0.5) is 0 Å². The number of hydrogen-bond acceptors (Lipinski definition) is 2. The summed E-state index contributed by atoms with van der Waals surface area (Å²) in [6, 6.07) is 8.46. The Bertz CT molecular complexity index is 548. The van der Waals surface area contributed by atoms with E-state index in [4.69, 9.17) is 4.74 Å². The van der Waals surface area contributed by atoms with Crippen molar-refractivity contribution in [1.82, 2.24) is 4.98 Å². The summed E-state index contributed by atoms with van der Waals surface area (Å²) >= 11 is 0. The number of hydrogen-bond donors (Lipinski definition) is 0. The molecule has 0 fully saturated rings. The molecule has 1 aromatic carbocycles. The highest BCUT2D eigenvalue weighted by Gasteiger charge is 2.16. The van der Waals surface area contributed by atoms with E-state index in [0.717, 1.165) is 25.2 Å². The van der Waals surface area contributed by atoms with Crippen molar-refractivity contribution in [3.05, 3.63) is 47.8 Å². The highest BCUT2D eigenvalue weighted by molar-refractivity contribution is 5.74. The van der Waals surface area contributed by atoms with E-state index in [2.05, 4.69) is 36.2 Å². The van der Waals surface area contributed by atoms with Crippen molar-refractivity contribution in [2.45, 2.75) is 19.8 Å². The van der Waals surface area contributed by atoms with E-state index in [9.17, 15) is 0 Å². The Labute approximate surface area is 101 Å². The molecule has 2 heteroatoms. The second-order valence-electron chi connectivity index (χ2n) is 4.44. The lowest BCUT2D eigenvalue weighted by Crippen LogP contribution is -2.09. The minimum absolute atomic E-state index is 0.828. The van der Waals surface area contributed by atoms with Crippen LogP contribution in [0.5, 0.6) is 5.75 Å². The van der Waals surface area contributed by atoms with E-state index >= 15 is 0 Å². The van der Waals surface area contributed by atoms with E-state index in [1.165, 1.54) is 22.3 Å². The lowest BCUT2D eigenvalue weighted by Gasteiger charge is -2.21. The van der Waals surface area contributed by atoms with Crippen molar-refractivity contribution >= 4 is 0 Å². The van der Waals surface area contributed by atoms with Crippen molar-refractivity contribution in [2.24, 2.45) is 0 Å². The van der Waals surface area contributed by atoms with Gasteiger partial charge in [-0.3, -0.25) is 4.98 Å². The van der Waals surface area contributed by atoms with E-state index < -0.39 is 0 Å². The molecule has 1 aliphatic rings. The highest BCUT2D eigenvalue weighted by atomic mass is 16.5. The van der Waals surface area contributed by atoms with E-state index in [-0.39, 0.29) is 0 Å². The molecule has 3 rings (SSSR count). The molecule has 1 aromatic heterocycles. The van der Waals surface area contributed by atoms with Gasteiger partial charge in [0.05, 0.1) is 6.61 Å². The van der Waals surface area contributed by atoms with E-state index in [0.29, 0.717) is 0 Å². The van der Waals surface area contributed by atoms with Gasteiger partial charge in [0.2, 0.25) is 0 Å². The minimum atomic E-state index is 0.828. The van der Waals surface area contributed by atoms with Gasteiger partial charge in [-0.15, -0.1) is 0 Å². The Kier molecular flexibility index (Phi) is 2.56. The summed E-state index contributed by atoms with van der Waals surface area (Å²) < 4.78 is 5.84. The first kappa shape index (κ1) is 10.3. The standard InChI is InChI=1S/C15H15NO/c1-11-10-16-8-7-13(11)14-6-2-4-12-5-3-9-17-15(12)14/h2,4,6-8,10H,3,5,9H2,1H3. The molecule has 0 atom stereocenters. The smallest absolute Gasteiger partial charge is 0.130 e. The van der Waals surface area contributed by atoms with Crippen molar-refractivity contribution in [3.63, 3.8) is 0 Å². The van der Waals surface area contributed by atoms with Gasteiger partial charge in [0.15, 0.2) is 0 Å². The Hall–Kier alpha value is -1.83. The van der Waals surface area contributed by atoms with Crippen molar-refractivity contribution < 1.29 is 4.74 Å². The van der Waals surface area contributed by atoms with Gasteiger partial charge in [0, 0.05) is 18.0 Å². The maximum atomic E-state index is 5.84. The van der Waals surface area contributed by atoms with Crippen molar-refractivity contribution in [3.8, 4) is 16.9 Å². The maximum Gasteiger partial charge on any atom is 0.130 e. The van der Waals surface area contributed by atoms with Gasteiger partial charge < -0.3 is 4.74 Å². The van der Waals surface area contributed by atoms with Crippen LogP contribution in [-0.2, 0) is 6.42 Å². The summed E-state index contributed by atoms with van der Waals surface area (Å²) in [5, 5.41) is 0. The first-order valence-electron chi connectivity index (χ1n) is 6.02. The van der Waals surface area contributed by atoms with Crippen LogP contribution in [0, 0.1) is 6.92 Å². The number of aromatic nitrogens is 1. The summed E-state index contributed by atoms with van der Waals surface area (Å²) in [6.07, 6.45) is 5.97. The lowest BCUT2D eigenvalue weighted by molar-refractivity contribution is 0.289. The third-order valence-electron chi connectivity index (χ3n) is 3.24. The molecule has 0 saturated carbocycles. The van der Waals surface area contributed by atoms with Gasteiger partial charge in [-0.1, -0.05) is 18.2 Å². The van der Waals surface area contributed by atoms with Crippen LogP contribution in [0.15, 0.2) is 36.7 Å². The van der Waals surface area contributed by atoms with Crippen LogP contribution in [-0.4, -0.2) is 11.6 Å². The summed E-state index contributed by atoms with van der Waals surface area (Å²) in [6.45, 7) is 2.92. The fourth-order valence-corrected chi connectivity index (χ4v) is 2.38. The molecule has 0 saturated heterocycles. The van der Waals surface area contributed by atoms with Crippen LogP contribution in [0.1, 0.15) is 17.5 Å². The molecule has 0 radical (unpaired) electrons. The molecule has 1 aliphatic heterocycles. The molecule has 17 heavy (non-hydrogen) atoms. The van der Waals surface area contributed by atoms with Gasteiger partial charge in [-0.2, -0.15) is 0 Å². The van der Waals surface area contributed by atoms with Crippen molar-refractivity contribution in [2.75, 3.05) is 6.61 Å². The van der Waals surface area contributed by atoms with Crippen LogP contribution in [0.2, 0.25) is 0 Å². The van der Waals surface area contributed by atoms with Crippen LogP contribution in [0.25, 0.3) is 11.1 Å². The molecule has 0 spiro atoms. The molecule has 86 valence electrons. The number of benzene rings is 1. The molecule has 2 heterocycles. The largest absolute Gasteiger partial charge is 0.493 e. The first-order chi connectivity index (χ1) is 8.36. The lowest BCUT2D eigenvalue weighted by atomic mass is 9.96. The normalized spacial score (nSPS) is 13.9. The van der Waals surface area contributed by atoms with E-state index in [1.54, 1.807) is 0 Å². The number of fused-ring (bicyclic) bond motifs is 1. The Balaban J connectivity index is 2.18. The third kappa shape index (κ3) is 1.80. The van der Waals surface area contributed by atoms with Crippen LogP contribution >= 0.6 is 0 Å². The average molecular weight is 225 g/mol. The number of nitrogens with zero attached hydrogens (tertiary/aromatic N) is 1. The second kappa shape index (κ2) is 4.21. The molecule has 0 N–H and O–H groups in total. The van der Waals surface area contributed by atoms with Crippen LogP contribution < -0.4 is 4.74 Å². The topological polar surface area (TPSA) is 22.1 Å². The molecule has 2 nitrogen and oxygen atoms in total. The maximum absolute atomic E-state index is 5.84. The molecule has 2 aromatic rings. The quantitative estimate of drug-likeness (QED) is 0.742. The summed E-state index contributed by atoms with van der Waals surface area (Å²) in [5.74, 6) is 1.06. The highest BCUT2D eigenvalue weighted by Crippen LogP contribution is 2.37. The average Bonchev–Trinajstić information content (AvgIpc) is 2.39. The summed E-state index contributed by atoms with van der Waals surface area (Å²) in [5.41, 5.74) is 4.93. The molecular formula is C15H15NO. The number of aryl methyl sites for hydroxylation is 2. The van der Waals surface area contributed by atoms with E-state index in [1.807, 2.05) is 12.4 Å². The fraction of sp³-hybridized carbons (Fsp3) is 0.267. The van der Waals surface area contributed by atoms with Crippen molar-refractivity contribution in [1.29, 1.82) is 0 Å². The summed E-state index contributed by atoms with van der Waals surface area (Å²) in [4.78, 5) is 4.14. The third-order valence-corrected chi connectivity index (χ3v) is 3.24. The monoisotopic (exact) mass is 225 g/mol. The zero-order chi connectivity index (χ0) is 11.7. The Morgan fingerprint density at radius 2 is 2.12 bits per heavy atom. The zero-order valence-electron chi connectivity index (χ0n) is 9.94. The van der Waals surface area contributed by atoms with Crippen LogP contribution in [0.3, 0.4) is 0 Å². The molecule has 0 aliphatic carbocycles. The summed E-state index contributed by atoms with van der Waals surface area (Å²) in [7, 11) is 0. The molecule has 0 bridgehead atoms. The van der Waals surface area contributed by atoms with Gasteiger partial charge in [0.25, 0.3) is 0 Å². The number of pyridine rings is 1. The Morgan fingerprint density at radius 3 is 3.00 bits per heavy atom. The number of rotatable bonds is 1. The minimum Gasteiger partial charge on any atom is -0.493 e. The Morgan fingerprint density at radius 1 is 1.18 bits per heavy atom.